The van der Waals surface area contributed by atoms with E-state index in [1.807, 2.05) is 24.4 Å². The van der Waals surface area contributed by atoms with Gasteiger partial charge in [-0.15, -0.1) is 0 Å². The molecule has 104 valence electrons. The van der Waals surface area contributed by atoms with Gasteiger partial charge in [0, 0.05) is 17.4 Å². The summed E-state index contributed by atoms with van der Waals surface area (Å²) in [5.41, 5.74) is 0. The van der Waals surface area contributed by atoms with Crippen molar-refractivity contribution in [2.45, 2.75) is 20.0 Å². The molecule has 0 aliphatic carbocycles. The molecular formula is C14H15ClN4O. The van der Waals surface area contributed by atoms with Crippen molar-refractivity contribution >= 4 is 23.8 Å². The van der Waals surface area contributed by atoms with Gasteiger partial charge in [0.25, 0.3) is 0 Å². The van der Waals surface area contributed by atoms with E-state index in [9.17, 15) is 0 Å². The minimum atomic E-state index is -0.111. The molecule has 0 N–H and O–H groups in total. The number of hydroxylamine groups is 1. The van der Waals surface area contributed by atoms with Crippen molar-refractivity contribution in [1.82, 2.24) is 10.2 Å². The van der Waals surface area contributed by atoms with Gasteiger partial charge in [-0.1, -0.05) is 25.4 Å². The minimum Gasteiger partial charge on any atom is -0.384 e. The first-order chi connectivity index (χ1) is 9.65. The Hall–Kier alpha value is -1.85. The van der Waals surface area contributed by atoms with Gasteiger partial charge in [0.2, 0.25) is 5.96 Å². The van der Waals surface area contributed by atoms with Gasteiger partial charge in [0.1, 0.15) is 5.75 Å². The maximum Gasteiger partial charge on any atom is 0.244 e. The molecule has 2 aliphatic heterocycles. The summed E-state index contributed by atoms with van der Waals surface area (Å²) in [6.45, 7) is 4.19. The Morgan fingerprint density at radius 1 is 1.25 bits per heavy atom. The van der Waals surface area contributed by atoms with Crippen LogP contribution < -0.4 is 4.84 Å². The molecule has 0 aromatic heterocycles. The molecule has 0 spiro atoms. The van der Waals surface area contributed by atoms with Crippen LogP contribution in [0.1, 0.15) is 13.8 Å². The lowest BCUT2D eigenvalue weighted by Gasteiger charge is -2.30. The molecule has 3 rings (SSSR count). The van der Waals surface area contributed by atoms with Crippen LogP contribution in [0, 0.1) is 5.92 Å². The van der Waals surface area contributed by atoms with Crippen molar-refractivity contribution < 1.29 is 4.84 Å². The zero-order valence-corrected chi connectivity index (χ0v) is 12.0. The van der Waals surface area contributed by atoms with Gasteiger partial charge in [-0.3, -0.25) is 0 Å². The Morgan fingerprint density at radius 2 is 2.00 bits per heavy atom. The Balaban J connectivity index is 1.85. The van der Waals surface area contributed by atoms with E-state index in [1.54, 1.807) is 28.5 Å². The molecule has 1 aromatic rings. The van der Waals surface area contributed by atoms with Gasteiger partial charge in [0.15, 0.2) is 6.17 Å². The number of hydrogen-bond acceptors (Lipinski definition) is 5. The molecule has 2 aliphatic rings. The third kappa shape index (κ3) is 2.42. The van der Waals surface area contributed by atoms with Crippen LogP contribution in [0.15, 0.2) is 46.5 Å². The van der Waals surface area contributed by atoms with Gasteiger partial charge < -0.3 is 4.84 Å². The van der Waals surface area contributed by atoms with Crippen molar-refractivity contribution in [1.29, 1.82) is 0 Å². The maximum absolute atomic E-state index is 5.93. The normalized spacial score (nSPS) is 21.3. The predicted octanol–water partition coefficient (Wildman–Crippen LogP) is 3.10. The van der Waals surface area contributed by atoms with Crippen LogP contribution in [0.5, 0.6) is 5.75 Å². The second kappa shape index (κ2) is 5.26. The number of benzene rings is 1. The molecule has 0 amide bonds. The lowest BCUT2D eigenvalue weighted by atomic mass is 10.2. The van der Waals surface area contributed by atoms with Crippen LogP contribution in [0.3, 0.4) is 0 Å². The number of aliphatic imine (C=N–C) groups is 2. The lowest BCUT2D eigenvalue weighted by Crippen LogP contribution is -2.46. The van der Waals surface area contributed by atoms with Gasteiger partial charge >= 0.3 is 0 Å². The molecule has 20 heavy (non-hydrogen) atoms. The fraction of sp³-hybridized carbons (Fsp3) is 0.286. The zero-order chi connectivity index (χ0) is 14.1. The highest BCUT2D eigenvalue weighted by molar-refractivity contribution is 6.30. The van der Waals surface area contributed by atoms with E-state index in [-0.39, 0.29) is 6.17 Å². The number of guanidine groups is 1. The molecule has 1 unspecified atom stereocenters. The summed E-state index contributed by atoms with van der Waals surface area (Å²) in [5, 5.41) is 4.22. The number of fused-ring (bicyclic) bond motifs is 1. The summed E-state index contributed by atoms with van der Waals surface area (Å²) in [6.07, 6.45) is 5.34. The van der Waals surface area contributed by atoms with E-state index in [0.717, 1.165) is 0 Å². The summed E-state index contributed by atoms with van der Waals surface area (Å²) in [6, 6.07) is 7.25. The molecule has 0 fully saturated rings. The van der Waals surface area contributed by atoms with Gasteiger partial charge in [-0.25, -0.2) is 15.0 Å². The van der Waals surface area contributed by atoms with E-state index < -0.39 is 0 Å². The fourth-order valence-electron chi connectivity index (χ4n) is 2.00. The number of hydrazine groups is 1. The van der Waals surface area contributed by atoms with Crippen molar-refractivity contribution in [3.8, 4) is 5.75 Å². The summed E-state index contributed by atoms with van der Waals surface area (Å²) < 4.78 is 0. The zero-order valence-electron chi connectivity index (χ0n) is 11.3. The Labute approximate surface area is 122 Å². The van der Waals surface area contributed by atoms with Crippen molar-refractivity contribution in [2.24, 2.45) is 15.9 Å². The van der Waals surface area contributed by atoms with E-state index in [1.165, 1.54) is 0 Å². The molecule has 0 bridgehead atoms. The number of rotatable bonds is 3. The standard InChI is InChI=1S/C14H15ClN4O/c1-10(2)13-17-14-16-8-3-9-18(14)19(13)20-12-6-4-11(15)5-7-12/h3-10,13H,1-2H3. The highest BCUT2D eigenvalue weighted by Gasteiger charge is 2.37. The van der Waals surface area contributed by atoms with E-state index in [0.29, 0.717) is 22.6 Å². The lowest BCUT2D eigenvalue weighted by molar-refractivity contribution is -0.189. The SMILES string of the molecule is CC(C)C1N=C2N=CC=CN2N1Oc1ccc(Cl)cc1. The van der Waals surface area contributed by atoms with E-state index in [4.69, 9.17) is 16.4 Å². The molecule has 0 saturated heterocycles. The van der Waals surface area contributed by atoms with E-state index >= 15 is 0 Å². The Morgan fingerprint density at radius 3 is 2.70 bits per heavy atom. The number of halogens is 1. The summed E-state index contributed by atoms with van der Waals surface area (Å²) in [7, 11) is 0. The first-order valence-corrected chi connectivity index (χ1v) is 6.83. The molecule has 1 aromatic carbocycles. The van der Waals surface area contributed by atoms with Gasteiger partial charge in [-0.05, 0) is 41.4 Å². The molecule has 6 heteroatoms. The largest absolute Gasteiger partial charge is 0.384 e. The number of allylic oxidation sites excluding steroid dienone is 1. The highest BCUT2D eigenvalue weighted by atomic mass is 35.5. The molecule has 5 nitrogen and oxygen atoms in total. The topological polar surface area (TPSA) is 40.4 Å². The van der Waals surface area contributed by atoms with Crippen molar-refractivity contribution in [2.75, 3.05) is 0 Å². The van der Waals surface area contributed by atoms with Crippen LogP contribution in [0.4, 0.5) is 0 Å². The maximum atomic E-state index is 5.93. The second-order valence-corrected chi connectivity index (χ2v) is 5.34. The first kappa shape index (κ1) is 13.1. The molecule has 1 atom stereocenters. The van der Waals surface area contributed by atoms with Crippen LogP contribution >= 0.6 is 11.6 Å². The fourth-order valence-corrected chi connectivity index (χ4v) is 2.13. The molecular weight excluding hydrogens is 276 g/mol. The Bertz CT molecular complexity index is 579. The minimum absolute atomic E-state index is 0.111. The van der Waals surface area contributed by atoms with Crippen LogP contribution in [-0.4, -0.2) is 28.5 Å². The van der Waals surface area contributed by atoms with Crippen molar-refractivity contribution in [3.05, 3.63) is 41.6 Å². The first-order valence-electron chi connectivity index (χ1n) is 6.46. The average Bonchev–Trinajstić information content (AvgIpc) is 2.81. The molecule has 0 radical (unpaired) electrons. The van der Waals surface area contributed by atoms with E-state index in [2.05, 4.69) is 23.8 Å². The van der Waals surface area contributed by atoms with Crippen LogP contribution in [0.25, 0.3) is 0 Å². The predicted molar refractivity (Wildman–Crippen MR) is 79.5 cm³/mol. The quantitative estimate of drug-likeness (QED) is 0.859. The number of nitrogens with zero attached hydrogens (tertiary/aromatic N) is 4. The summed E-state index contributed by atoms with van der Waals surface area (Å²) in [4.78, 5) is 14.8. The van der Waals surface area contributed by atoms with Crippen LogP contribution in [-0.2, 0) is 0 Å². The summed E-state index contributed by atoms with van der Waals surface area (Å²) in [5.74, 6) is 1.64. The molecule has 2 heterocycles. The average molecular weight is 291 g/mol. The van der Waals surface area contributed by atoms with Gasteiger partial charge in [-0.2, -0.15) is 0 Å². The molecule has 0 saturated carbocycles. The smallest absolute Gasteiger partial charge is 0.244 e. The Kier molecular flexibility index (Phi) is 3.46. The second-order valence-electron chi connectivity index (χ2n) is 4.90. The van der Waals surface area contributed by atoms with Crippen LogP contribution in [0.2, 0.25) is 5.02 Å². The monoisotopic (exact) mass is 290 g/mol. The third-order valence-electron chi connectivity index (χ3n) is 3.00. The highest BCUT2D eigenvalue weighted by Crippen LogP contribution is 2.27. The van der Waals surface area contributed by atoms with Gasteiger partial charge in [0.05, 0.1) is 0 Å². The number of hydrogen-bond donors (Lipinski definition) is 0. The third-order valence-corrected chi connectivity index (χ3v) is 3.26. The van der Waals surface area contributed by atoms with Crippen molar-refractivity contribution in [3.63, 3.8) is 0 Å². The summed E-state index contributed by atoms with van der Waals surface area (Å²) >= 11 is 5.89.